The van der Waals surface area contributed by atoms with E-state index in [1.807, 2.05) is 4.90 Å². The molecule has 2 amide bonds. The van der Waals surface area contributed by atoms with Crippen LogP contribution in [0.25, 0.3) is 0 Å². The Morgan fingerprint density at radius 2 is 1.96 bits per heavy atom. The number of pyridine rings is 1. The van der Waals surface area contributed by atoms with Crippen molar-refractivity contribution in [1.29, 1.82) is 0 Å². The molecule has 1 fully saturated rings. The zero-order chi connectivity index (χ0) is 18.5. The number of hydrogen-bond donors (Lipinski definition) is 1. The summed E-state index contributed by atoms with van der Waals surface area (Å²) in [5.74, 6) is 0.339. The second kappa shape index (κ2) is 8.01. The summed E-state index contributed by atoms with van der Waals surface area (Å²) in [6.45, 7) is 2.04. The van der Waals surface area contributed by atoms with Crippen molar-refractivity contribution in [3.05, 3.63) is 57.7 Å². The average Bonchev–Trinajstić information content (AvgIpc) is 2.90. The number of hydrogen-bond acceptors (Lipinski definition) is 5. The first-order valence-corrected chi connectivity index (χ1v) is 8.59. The summed E-state index contributed by atoms with van der Waals surface area (Å²) in [6, 6.07) is 9.78. The predicted molar refractivity (Wildman–Crippen MR) is 99.8 cm³/mol. The third kappa shape index (κ3) is 4.02. The molecule has 1 N–H and O–H groups in total. The van der Waals surface area contributed by atoms with E-state index in [1.165, 1.54) is 12.3 Å². The molecule has 0 unspecified atom stereocenters. The molecule has 9 heteroatoms. The van der Waals surface area contributed by atoms with Crippen LogP contribution in [0.15, 0.2) is 42.6 Å². The van der Waals surface area contributed by atoms with Gasteiger partial charge < -0.3 is 15.1 Å². The van der Waals surface area contributed by atoms with Crippen molar-refractivity contribution in [3.63, 3.8) is 0 Å². The van der Waals surface area contributed by atoms with Crippen LogP contribution >= 0.6 is 11.6 Å². The Balaban J connectivity index is 1.68. The summed E-state index contributed by atoms with van der Waals surface area (Å²) in [6.07, 6.45) is 2.22. The number of amides is 2. The lowest BCUT2D eigenvalue weighted by atomic mass is 10.3. The maximum Gasteiger partial charge on any atom is 0.321 e. The second-order valence-electron chi connectivity index (χ2n) is 5.84. The maximum absolute atomic E-state index is 12.5. The van der Waals surface area contributed by atoms with Gasteiger partial charge in [-0.05, 0) is 24.6 Å². The number of anilines is 2. The van der Waals surface area contributed by atoms with Gasteiger partial charge in [-0.15, -0.1) is 0 Å². The normalized spacial score (nSPS) is 14.7. The van der Waals surface area contributed by atoms with Crippen LogP contribution < -0.4 is 10.2 Å². The fourth-order valence-corrected chi connectivity index (χ4v) is 3.05. The van der Waals surface area contributed by atoms with Crippen LogP contribution in [0, 0.1) is 10.1 Å². The molecule has 0 saturated carbocycles. The lowest BCUT2D eigenvalue weighted by Crippen LogP contribution is -2.38. The Kier molecular flexibility index (Phi) is 5.52. The fraction of sp³-hybridized carbons (Fsp3) is 0.294. The first-order valence-electron chi connectivity index (χ1n) is 8.21. The first kappa shape index (κ1) is 17.9. The van der Waals surface area contributed by atoms with Crippen molar-refractivity contribution in [3.8, 4) is 0 Å². The van der Waals surface area contributed by atoms with Gasteiger partial charge >= 0.3 is 11.7 Å². The molecule has 1 aliphatic heterocycles. The molecule has 1 aliphatic rings. The number of carbonyl (C=O) groups excluding carboxylic acids is 1. The summed E-state index contributed by atoms with van der Waals surface area (Å²) >= 11 is 6.08. The van der Waals surface area contributed by atoms with E-state index in [-0.39, 0.29) is 11.7 Å². The molecule has 8 nitrogen and oxygen atoms in total. The molecule has 1 saturated heterocycles. The minimum atomic E-state index is -0.435. The van der Waals surface area contributed by atoms with Crippen LogP contribution in [-0.4, -0.2) is 47.0 Å². The van der Waals surface area contributed by atoms with E-state index < -0.39 is 4.92 Å². The zero-order valence-electron chi connectivity index (χ0n) is 14.0. The van der Waals surface area contributed by atoms with Gasteiger partial charge in [0, 0.05) is 38.4 Å². The summed E-state index contributed by atoms with van der Waals surface area (Å²) in [4.78, 5) is 31.0. The zero-order valence-corrected chi connectivity index (χ0v) is 14.7. The number of nitrogens with one attached hydrogen (secondary N) is 1. The molecule has 1 aromatic heterocycles. The third-order valence-electron chi connectivity index (χ3n) is 4.16. The van der Waals surface area contributed by atoms with Crippen LogP contribution in [0.3, 0.4) is 0 Å². The topological polar surface area (TPSA) is 91.6 Å². The summed E-state index contributed by atoms with van der Waals surface area (Å²) in [5, 5.41) is 14.5. The second-order valence-corrected chi connectivity index (χ2v) is 6.25. The largest absolute Gasteiger partial charge is 0.349 e. The number of benzene rings is 1. The minimum Gasteiger partial charge on any atom is -0.349 e. The number of aromatic nitrogens is 1. The Morgan fingerprint density at radius 1 is 1.15 bits per heavy atom. The number of nitrogens with zero attached hydrogens (tertiary/aromatic N) is 4. The smallest absolute Gasteiger partial charge is 0.321 e. The van der Waals surface area contributed by atoms with Gasteiger partial charge in [-0.1, -0.05) is 23.7 Å². The number of para-hydroxylation sites is 1. The summed E-state index contributed by atoms with van der Waals surface area (Å²) < 4.78 is 0. The monoisotopic (exact) mass is 375 g/mol. The highest BCUT2D eigenvalue weighted by Gasteiger charge is 2.25. The highest BCUT2D eigenvalue weighted by Crippen LogP contribution is 2.26. The van der Waals surface area contributed by atoms with Crippen LogP contribution in [0.1, 0.15) is 6.42 Å². The van der Waals surface area contributed by atoms with Gasteiger partial charge in [-0.2, -0.15) is 0 Å². The Labute approximate surface area is 155 Å². The molecule has 0 bridgehead atoms. The quantitative estimate of drug-likeness (QED) is 0.655. The Bertz CT molecular complexity index is 816. The van der Waals surface area contributed by atoms with Crippen molar-refractivity contribution in [2.45, 2.75) is 6.42 Å². The highest BCUT2D eigenvalue weighted by molar-refractivity contribution is 6.33. The van der Waals surface area contributed by atoms with Gasteiger partial charge in [0.15, 0.2) is 0 Å². The van der Waals surface area contributed by atoms with Crippen molar-refractivity contribution in [1.82, 2.24) is 9.88 Å². The standard InChI is InChI=1S/C17H18ClN5O3/c18-13-5-1-2-6-14(13)20-17(24)22-10-4-9-21(11-12-22)16-15(23(25)26)7-3-8-19-16/h1-3,5-8H,4,9-12H2,(H,20,24). The minimum absolute atomic E-state index is 0.0264. The number of rotatable bonds is 3. The highest BCUT2D eigenvalue weighted by atomic mass is 35.5. The van der Waals surface area contributed by atoms with Gasteiger partial charge in [0.1, 0.15) is 0 Å². The summed E-state index contributed by atoms with van der Waals surface area (Å²) in [5.41, 5.74) is 0.530. The van der Waals surface area contributed by atoms with Gasteiger partial charge in [-0.25, -0.2) is 9.78 Å². The molecule has 136 valence electrons. The number of carbonyl (C=O) groups is 1. The van der Waals surface area contributed by atoms with E-state index in [2.05, 4.69) is 10.3 Å². The van der Waals surface area contributed by atoms with Gasteiger partial charge in [0.2, 0.25) is 5.82 Å². The Morgan fingerprint density at radius 3 is 2.73 bits per heavy atom. The molecular weight excluding hydrogens is 358 g/mol. The molecular formula is C17H18ClN5O3. The molecule has 0 spiro atoms. The fourth-order valence-electron chi connectivity index (χ4n) is 2.86. The molecule has 3 rings (SSSR count). The van der Waals surface area contributed by atoms with E-state index in [4.69, 9.17) is 11.6 Å². The van der Waals surface area contributed by atoms with Gasteiger partial charge in [0.05, 0.1) is 15.6 Å². The van der Waals surface area contributed by atoms with Gasteiger partial charge in [0.25, 0.3) is 0 Å². The lowest BCUT2D eigenvalue weighted by Gasteiger charge is -2.23. The molecule has 0 atom stereocenters. The molecule has 26 heavy (non-hydrogen) atoms. The van der Waals surface area contributed by atoms with Crippen molar-refractivity contribution in [2.24, 2.45) is 0 Å². The number of urea groups is 1. The third-order valence-corrected chi connectivity index (χ3v) is 4.49. The molecule has 2 aromatic rings. The Hall–Kier alpha value is -2.87. The molecule has 0 radical (unpaired) electrons. The number of halogens is 1. The van der Waals surface area contributed by atoms with Crippen molar-refractivity contribution in [2.75, 3.05) is 36.4 Å². The van der Waals surface area contributed by atoms with E-state index in [0.29, 0.717) is 49.1 Å². The predicted octanol–water partition coefficient (Wildman–Crippen LogP) is 3.39. The van der Waals surface area contributed by atoms with Crippen LogP contribution in [0.4, 0.5) is 22.0 Å². The maximum atomic E-state index is 12.5. The van der Waals surface area contributed by atoms with Crippen molar-refractivity contribution >= 4 is 34.8 Å². The van der Waals surface area contributed by atoms with Crippen molar-refractivity contribution < 1.29 is 9.72 Å². The molecule has 2 heterocycles. The lowest BCUT2D eigenvalue weighted by molar-refractivity contribution is -0.384. The molecule has 0 aliphatic carbocycles. The van der Waals surface area contributed by atoms with E-state index in [1.54, 1.807) is 35.2 Å². The van der Waals surface area contributed by atoms with E-state index in [9.17, 15) is 14.9 Å². The van der Waals surface area contributed by atoms with Crippen LogP contribution in [-0.2, 0) is 0 Å². The number of nitro groups is 1. The van der Waals surface area contributed by atoms with Gasteiger partial charge in [-0.3, -0.25) is 10.1 Å². The molecule has 1 aromatic carbocycles. The van der Waals surface area contributed by atoms with E-state index >= 15 is 0 Å². The SMILES string of the molecule is O=C(Nc1ccccc1Cl)N1CCCN(c2ncccc2[N+](=O)[O-])CC1. The van der Waals surface area contributed by atoms with Crippen LogP contribution in [0.5, 0.6) is 0 Å². The first-order chi connectivity index (χ1) is 12.6. The van der Waals surface area contributed by atoms with E-state index in [0.717, 1.165) is 0 Å². The van der Waals surface area contributed by atoms with Crippen LogP contribution in [0.2, 0.25) is 5.02 Å². The summed E-state index contributed by atoms with van der Waals surface area (Å²) in [7, 11) is 0. The average molecular weight is 376 g/mol.